The lowest BCUT2D eigenvalue weighted by atomic mass is 9.96. The van der Waals surface area contributed by atoms with Crippen molar-refractivity contribution in [3.63, 3.8) is 0 Å². The Morgan fingerprint density at radius 2 is 1.68 bits per heavy atom. The quantitative estimate of drug-likeness (QED) is 0.465. The molecule has 0 aromatic heterocycles. The number of hydrogen-bond acceptors (Lipinski definition) is 3. The van der Waals surface area contributed by atoms with Crippen LogP contribution in [0.4, 0.5) is 10.1 Å². The lowest BCUT2D eigenvalue weighted by Gasteiger charge is -2.32. The smallest absolute Gasteiger partial charge is 0.228 e. The van der Waals surface area contributed by atoms with Crippen LogP contribution in [0.15, 0.2) is 83.8 Å². The summed E-state index contributed by atoms with van der Waals surface area (Å²) in [6, 6.07) is 25.1. The van der Waals surface area contributed by atoms with Gasteiger partial charge < -0.3 is 5.32 Å². The van der Waals surface area contributed by atoms with Gasteiger partial charge in [-0.2, -0.15) is 0 Å². The fourth-order valence-corrected chi connectivity index (χ4v) is 4.75. The van der Waals surface area contributed by atoms with Gasteiger partial charge in [-0.1, -0.05) is 42.5 Å². The first-order chi connectivity index (χ1) is 15.2. The summed E-state index contributed by atoms with van der Waals surface area (Å²) in [4.78, 5) is 16.3. The van der Waals surface area contributed by atoms with E-state index in [9.17, 15) is 9.18 Å². The Morgan fingerprint density at radius 1 is 0.968 bits per heavy atom. The first-order valence-electron chi connectivity index (χ1n) is 10.7. The van der Waals surface area contributed by atoms with Crippen LogP contribution in [-0.2, 0) is 17.1 Å². The maximum atomic E-state index is 13.1. The summed E-state index contributed by atoms with van der Waals surface area (Å²) in [5, 5.41) is 3.08. The van der Waals surface area contributed by atoms with Crippen LogP contribution in [0.2, 0.25) is 0 Å². The Kier molecular flexibility index (Phi) is 7.39. The molecule has 0 bridgehead atoms. The molecule has 160 valence electrons. The van der Waals surface area contributed by atoms with Crippen molar-refractivity contribution in [1.82, 2.24) is 4.90 Å². The van der Waals surface area contributed by atoms with Gasteiger partial charge in [0.25, 0.3) is 0 Å². The third kappa shape index (κ3) is 6.42. The number of piperidine rings is 1. The molecule has 1 fully saturated rings. The van der Waals surface area contributed by atoms with E-state index in [-0.39, 0.29) is 17.6 Å². The van der Waals surface area contributed by atoms with Crippen molar-refractivity contribution in [2.45, 2.75) is 30.0 Å². The van der Waals surface area contributed by atoms with Crippen molar-refractivity contribution in [2.24, 2.45) is 5.92 Å². The SMILES string of the molecule is O=C(Nc1ccc(CSc2ccccc2)cc1)[C@H]1CCCN(Cc2ccc(F)cc2)C1. The number of benzene rings is 3. The first-order valence-corrected chi connectivity index (χ1v) is 11.7. The van der Waals surface area contributed by atoms with Crippen LogP contribution >= 0.6 is 11.8 Å². The molecule has 1 aliphatic heterocycles. The van der Waals surface area contributed by atoms with E-state index in [4.69, 9.17) is 0 Å². The maximum absolute atomic E-state index is 13.1. The maximum Gasteiger partial charge on any atom is 0.228 e. The van der Waals surface area contributed by atoms with Gasteiger partial charge in [0.15, 0.2) is 0 Å². The molecule has 0 aliphatic carbocycles. The highest BCUT2D eigenvalue weighted by Crippen LogP contribution is 2.24. The number of halogens is 1. The van der Waals surface area contributed by atoms with E-state index in [0.717, 1.165) is 49.5 Å². The Hall–Kier alpha value is -2.63. The van der Waals surface area contributed by atoms with Gasteiger partial charge >= 0.3 is 0 Å². The molecule has 1 N–H and O–H groups in total. The van der Waals surface area contributed by atoms with E-state index in [2.05, 4.69) is 34.5 Å². The lowest BCUT2D eigenvalue weighted by Crippen LogP contribution is -2.40. The van der Waals surface area contributed by atoms with Crippen molar-refractivity contribution in [1.29, 1.82) is 0 Å². The van der Waals surface area contributed by atoms with Crippen LogP contribution in [0.5, 0.6) is 0 Å². The minimum absolute atomic E-state index is 0.0255. The zero-order valence-corrected chi connectivity index (χ0v) is 18.3. The largest absolute Gasteiger partial charge is 0.326 e. The third-order valence-electron chi connectivity index (χ3n) is 5.57. The number of carbonyl (C=O) groups excluding carboxylic acids is 1. The van der Waals surface area contributed by atoms with Crippen molar-refractivity contribution in [2.75, 3.05) is 18.4 Å². The number of rotatable bonds is 7. The predicted molar refractivity (Wildman–Crippen MR) is 125 cm³/mol. The molecule has 5 heteroatoms. The fraction of sp³-hybridized carbons (Fsp3) is 0.269. The summed E-state index contributed by atoms with van der Waals surface area (Å²) in [5.41, 5.74) is 3.15. The number of nitrogens with zero attached hydrogens (tertiary/aromatic N) is 1. The minimum atomic E-state index is -0.218. The van der Waals surface area contributed by atoms with E-state index in [1.165, 1.54) is 22.6 Å². The van der Waals surface area contributed by atoms with Crippen LogP contribution < -0.4 is 5.32 Å². The molecule has 3 nitrogen and oxygen atoms in total. The summed E-state index contributed by atoms with van der Waals surface area (Å²) in [7, 11) is 0. The van der Waals surface area contributed by atoms with Crippen LogP contribution in [0.1, 0.15) is 24.0 Å². The van der Waals surface area contributed by atoms with E-state index < -0.39 is 0 Å². The highest BCUT2D eigenvalue weighted by atomic mass is 32.2. The summed E-state index contributed by atoms with van der Waals surface area (Å²) in [6.45, 7) is 2.45. The Balaban J connectivity index is 1.27. The summed E-state index contributed by atoms with van der Waals surface area (Å²) < 4.78 is 13.1. The first kappa shape index (κ1) is 21.6. The van der Waals surface area contributed by atoms with Crippen molar-refractivity contribution in [3.8, 4) is 0 Å². The van der Waals surface area contributed by atoms with E-state index in [1.807, 2.05) is 42.5 Å². The molecule has 3 aromatic rings. The molecule has 4 rings (SSSR count). The van der Waals surface area contributed by atoms with Gasteiger partial charge in [-0.25, -0.2) is 4.39 Å². The number of thioether (sulfide) groups is 1. The standard InChI is InChI=1S/C26H27FN2OS/c27-23-12-8-20(9-13-23)17-29-16-4-5-22(18-29)26(30)28-24-14-10-21(11-15-24)19-31-25-6-2-1-3-7-25/h1-3,6-15,22H,4-5,16-19H2,(H,28,30)/t22-/m0/s1. The molecule has 31 heavy (non-hydrogen) atoms. The summed E-state index contributed by atoms with van der Waals surface area (Å²) >= 11 is 1.80. The second kappa shape index (κ2) is 10.6. The Labute approximate surface area is 187 Å². The van der Waals surface area contributed by atoms with Crippen molar-refractivity contribution in [3.05, 3.63) is 95.8 Å². The predicted octanol–water partition coefficient (Wildman–Crippen LogP) is 5.97. The fourth-order valence-electron chi connectivity index (χ4n) is 3.87. The average Bonchev–Trinajstić information content (AvgIpc) is 2.81. The van der Waals surface area contributed by atoms with Crippen molar-refractivity contribution >= 4 is 23.4 Å². The zero-order valence-electron chi connectivity index (χ0n) is 17.5. The molecule has 3 aromatic carbocycles. The highest BCUT2D eigenvalue weighted by molar-refractivity contribution is 7.98. The average molecular weight is 435 g/mol. The lowest BCUT2D eigenvalue weighted by molar-refractivity contribution is -0.121. The topological polar surface area (TPSA) is 32.3 Å². The third-order valence-corrected chi connectivity index (χ3v) is 6.65. The molecule has 0 unspecified atom stereocenters. The molecule has 0 spiro atoms. The van der Waals surface area contributed by atoms with Crippen LogP contribution in [0, 0.1) is 11.7 Å². The summed E-state index contributed by atoms with van der Waals surface area (Å²) in [6.07, 6.45) is 1.90. The minimum Gasteiger partial charge on any atom is -0.326 e. The molecule has 1 atom stereocenters. The molecule has 1 aliphatic rings. The van der Waals surface area contributed by atoms with Gasteiger partial charge in [0, 0.05) is 29.4 Å². The van der Waals surface area contributed by atoms with Crippen LogP contribution in [-0.4, -0.2) is 23.9 Å². The van der Waals surface area contributed by atoms with E-state index >= 15 is 0 Å². The molecular weight excluding hydrogens is 407 g/mol. The Bertz CT molecular complexity index is 977. The molecule has 0 radical (unpaired) electrons. The second-order valence-electron chi connectivity index (χ2n) is 7.99. The van der Waals surface area contributed by atoms with E-state index in [0.29, 0.717) is 0 Å². The Morgan fingerprint density at radius 3 is 2.42 bits per heavy atom. The van der Waals surface area contributed by atoms with Crippen LogP contribution in [0.3, 0.4) is 0 Å². The molecule has 1 saturated heterocycles. The zero-order chi connectivity index (χ0) is 21.5. The van der Waals surface area contributed by atoms with Gasteiger partial charge in [0.05, 0.1) is 5.92 Å². The summed E-state index contributed by atoms with van der Waals surface area (Å²) in [5.74, 6) is 0.737. The van der Waals surface area contributed by atoms with Crippen LogP contribution in [0.25, 0.3) is 0 Å². The monoisotopic (exact) mass is 434 g/mol. The normalized spacial score (nSPS) is 16.7. The molecule has 1 heterocycles. The molecule has 0 saturated carbocycles. The number of likely N-dealkylation sites (tertiary alicyclic amines) is 1. The number of nitrogens with one attached hydrogen (secondary N) is 1. The van der Waals surface area contributed by atoms with Crippen molar-refractivity contribution < 1.29 is 9.18 Å². The van der Waals surface area contributed by atoms with Gasteiger partial charge in [0.2, 0.25) is 5.91 Å². The number of hydrogen-bond donors (Lipinski definition) is 1. The van der Waals surface area contributed by atoms with E-state index in [1.54, 1.807) is 11.8 Å². The highest BCUT2D eigenvalue weighted by Gasteiger charge is 2.25. The molecule has 1 amide bonds. The van der Waals surface area contributed by atoms with Gasteiger partial charge in [-0.3, -0.25) is 9.69 Å². The van der Waals surface area contributed by atoms with Gasteiger partial charge in [-0.05, 0) is 66.9 Å². The number of carbonyl (C=O) groups is 1. The van der Waals surface area contributed by atoms with Gasteiger partial charge in [-0.15, -0.1) is 11.8 Å². The number of amides is 1. The molecular formula is C26H27FN2OS. The van der Waals surface area contributed by atoms with Gasteiger partial charge in [0.1, 0.15) is 5.82 Å². The second-order valence-corrected chi connectivity index (χ2v) is 9.04. The number of anilines is 1.